The fraction of sp³-hybridized carbons (Fsp3) is 0.800. The van der Waals surface area contributed by atoms with Crippen molar-refractivity contribution in [2.24, 2.45) is 16.7 Å². The lowest BCUT2D eigenvalue weighted by Gasteiger charge is -2.54. The summed E-state index contributed by atoms with van der Waals surface area (Å²) in [5, 5.41) is 1.54. The third kappa shape index (κ3) is 2.15. The fourth-order valence-electron chi connectivity index (χ4n) is 4.19. The molecule has 2 atom stereocenters. The molecule has 2 rings (SSSR count). The smallest absolute Gasteiger partial charge is 0.160 e. The molecule has 2 aliphatic carbocycles. The Kier molecular flexibility index (Phi) is 4.14. The number of rotatable bonds is 2. The molecular weight excluding hydrogens is 356 g/mol. The van der Waals surface area contributed by atoms with Crippen molar-refractivity contribution in [3.63, 3.8) is 0 Å². The Morgan fingerprint density at radius 1 is 1.17 bits per heavy atom. The average molecular weight is 378 g/mol. The first-order valence-corrected chi connectivity index (χ1v) is 8.98. The highest BCUT2D eigenvalue weighted by Gasteiger charge is 2.52. The van der Waals surface area contributed by atoms with Gasteiger partial charge in [0.1, 0.15) is 0 Å². The van der Waals surface area contributed by atoms with Crippen molar-refractivity contribution in [3.8, 4) is 0 Å². The molecule has 1 unspecified atom stereocenters. The van der Waals surface area contributed by atoms with Crippen LogP contribution in [0.4, 0.5) is 0 Å². The van der Waals surface area contributed by atoms with Crippen LogP contribution in [0.1, 0.15) is 46.5 Å². The zero-order chi connectivity index (χ0) is 13.6. The number of ketones is 1. The van der Waals surface area contributed by atoms with Crippen LogP contribution in [-0.2, 0) is 4.79 Å². The molecule has 0 spiro atoms. The quantitative estimate of drug-likeness (QED) is 0.627. The number of Topliss-reactive ketones (excluding diaryl/α,β-unsaturated/α-hetero) is 1. The zero-order valence-corrected chi connectivity index (χ0v) is 14.7. The normalized spacial score (nSPS) is 35.6. The number of fused-ring (bicyclic) bond motifs is 1. The molecule has 0 heterocycles. The van der Waals surface area contributed by atoms with Crippen LogP contribution < -0.4 is 0 Å². The van der Waals surface area contributed by atoms with Gasteiger partial charge in [-0.15, -0.1) is 0 Å². The summed E-state index contributed by atoms with van der Waals surface area (Å²) in [6.07, 6.45) is 4.49. The first kappa shape index (κ1) is 14.8. The highest BCUT2D eigenvalue weighted by atomic mass is 79.9. The van der Waals surface area contributed by atoms with Crippen molar-refractivity contribution in [2.75, 3.05) is 10.7 Å². The highest BCUT2D eigenvalue weighted by Crippen LogP contribution is 2.59. The van der Waals surface area contributed by atoms with Crippen LogP contribution in [0.5, 0.6) is 0 Å². The molecule has 1 fully saturated rings. The van der Waals surface area contributed by atoms with Crippen LogP contribution in [0.2, 0.25) is 0 Å². The maximum Gasteiger partial charge on any atom is 0.160 e. The Bertz CT molecular complexity index is 397. The van der Waals surface area contributed by atoms with Crippen molar-refractivity contribution in [2.45, 2.75) is 46.5 Å². The van der Waals surface area contributed by atoms with Crippen molar-refractivity contribution in [3.05, 3.63) is 11.1 Å². The van der Waals surface area contributed by atoms with Crippen LogP contribution in [0.3, 0.4) is 0 Å². The van der Waals surface area contributed by atoms with E-state index in [2.05, 4.69) is 52.6 Å². The van der Waals surface area contributed by atoms with Crippen LogP contribution in [0.15, 0.2) is 11.1 Å². The van der Waals surface area contributed by atoms with E-state index in [4.69, 9.17) is 0 Å². The van der Waals surface area contributed by atoms with Gasteiger partial charge >= 0.3 is 0 Å². The third-order valence-corrected chi connectivity index (χ3v) is 6.40. The molecule has 2 aliphatic rings. The first-order valence-electron chi connectivity index (χ1n) is 6.74. The van der Waals surface area contributed by atoms with E-state index in [0.29, 0.717) is 17.0 Å². The molecule has 0 radical (unpaired) electrons. The van der Waals surface area contributed by atoms with E-state index in [1.165, 1.54) is 24.8 Å². The first-order chi connectivity index (χ1) is 8.36. The second-order valence-corrected chi connectivity index (χ2v) is 7.79. The van der Waals surface area contributed by atoms with E-state index in [1.54, 1.807) is 0 Å². The van der Waals surface area contributed by atoms with E-state index in [9.17, 15) is 4.79 Å². The van der Waals surface area contributed by atoms with E-state index in [0.717, 1.165) is 17.3 Å². The SMILES string of the molecule is CC1(C)CCC[C@]2(C)C(CBr)=C(CBr)C(=O)CC12. The number of hydrogen-bond donors (Lipinski definition) is 0. The monoisotopic (exact) mass is 376 g/mol. The number of carbonyl (C=O) groups is 1. The summed E-state index contributed by atoms with van der Waals surface area (Å²) in [6, 6.07) is 0. The lowest BCUT2D eigenvalue weighted by Crippen LogP contribution is -2.48. The molecule has 3 heteroatoms. The number of allylic oxidation sites excluding steroid dienone is 2. The van der Waals surface area contributed by atoms with Gasteiger partial charge in [-0.2, -0.15) is 0 Å². The number of hydrogen-bond acceptors (Lipinski definition) is 1. The second kappa shape index (κ2) is 5.05. The molecule has 0 aromatic carbocycles. The predicted molar refractivity (Wildman–Crippen MR) is 83.5 cm³/mol. The van der Waals surface area contributed by atoms with Gasteiger partial charge < -0.3 is 0 Å². The standard InChI is InChI=1S/C15H22Br2O/c1-14(2)5-4-6-15(3)11(9-17)10(8-16)12(18)7-13(14)15/h13H,4-9H2,1-3H3/t13?,15-/m1/s1. The summed E-state index contributed by atoms with van der Waals surface area (Å²) in [4.78, 5) is 12.4. The summed E-state index contributed by atoms with van der Waals surface area (Å²) >= 11 is 7.13. The number of halogens is 2. The topological polar surface area (TPSA) is 17.1 Å². The zero-order valence-electron chi connectivity index (χ0n) is 11.5. The molecule has 18 heavy (non-hydrogen) atoms. The number of alkyl halides is 2. The molecule has 1 nitrogen and oxygen atoms in total. The molecule has 0 amide bonds. The maximum atomic E-state index is 12.4. The predicted octanol–water partition coefficient (Wildman–Crippen LogP) is 4.88. The minimum atomic E-state index is 0.211. The van der Waals surface area contributed by atoms with E-state index < -0.39 is 0 Å². The van der Waals surface area contributed by atoms with Gasteiger partial charge in [-0.1, -0.05) is 59.1 Å². The van der Waals surface area contributed by atoms with Gasteiger partial charge in [-0.3, -0.25) is 4.79 Å². The summed E-state index contributed by atoms with van der Waals surface area (Å²) in [5.74, 6) is 0.861. The van der Waals surface area contributed by atoms with Gasteiger partial charge in [-0.05, 0) is 35.2 Å². The third-order valence-electron chi connectivity index (χ3n) is 5.28. The Morgan fingerprint density at radius 2 is 1.83 bits per heavy atom. The van der Waals surface area contributed by atoms with Gasteiger partial charge in [0.2, 0.25) is 0 Å². The molecular formula is C15H22Br2O. The van der Waals surface area contributed by atoms with Crippen LogP contribution in [-0.4, -0.2) is 16.4 Å². The molecule has 0 bridgehead atoms. The minimum Gasteiger partial charge on any atom is -0.295 e. The van der Waals surface area contributed by atoms with Crippen LogP contribution >= 0.6 is 31.9 Å². The van der Waals surface area contributed by atoms with Gasteiger partial charge in [0.15, 0.2) is 5.78 Å². The summed E-state index contributed by atoms with van der Waals surface area (Å²) in [5.41, 5.74) is 2.88. The number of carbonyl (C=O) groups excluding carboxylic acids is 1. The molecule has 1 saturated carbocycles. The van der Waals surface area contributed by atoms with Gasteiger partial charge in [0, 0.05) is 22.7 Å². The summed E-state index contributed by atoms with van der Waals surface area (Å²) < 4.78 is 0. The van der Waals surface area contributed by atoms with Gasteiger partial charge in [0.25, 0.3) is 0 Å². The van der Waals surface area contributed by atoms with E-state index in [-0.39, 0.29) is 10.8 Å². The Balaban J connectivity index is 2.54. The lowest BCUT2D eigenvalue weighted by molar-refractivity contribution is -0.121. The molecule has 0 aromatic heterocycles. The fourth-order valence-corrected chi connectivity index (χ4v) is 5.82. The highest BCUT2D eigenvalue weighted by molar-refractivity contribution is 9.09. The molecule has 0 N–H and O–H groups in total. The largest absolute Gasteiger partial charge is 0.295 e. The summed E-state index contributed by atoms with van der Waals surface area (Å²) in [6.45, 7) is 7.06. The Morgan fingerprint density at radius 3 is 2.39 bits per heavy atom. The minimum absolute atomic E-state index is 0.211. The van der Waals surface area contributed by atoms with E-state index in [1.807, 2.05) is 0 Å². The van der Waals surface area contributed by atoms with Crippen molar-refractivity contribution >= 4 is 37.6 Å². The Hall–Kier alpha value is 0.370. The lowest BCUT2D eigenvalue weighted by atomic mass is 9.50. The average Bonchev–Trinajstić information content (AvgIpc) is 2.29. The summed E-state index contributed by atoms with van der Waals surface area (Å²) in [7, 11) is 0. The van der Waals surface area contributed by atoms with E-state index >= 15 is 0 Å². The molecule has 0 saturated heterocycles. The van der Waals surface area contributed by atoms with Gasteiger partial charge in [0.05, 0.1) is 0 Å². The molecule has 102 valence electrons. The molecule has 0 aromatic rings. The van der Waals surface area contributed by atoms with Crippen molar-refractivity contribution in [1.82, 2.24) is 0 Å². The maximum absolute atomic E-state index is 12.4. The second-order valence-electron chi connectivity index (χ2n) is 6.66. The van der Waals surface area contributed by atoms with Crippen molar-refractivity contribution < 1.29 is 4.79 Å². The Labute approximate surface area is 127 Å². The van der Waals surface area contributed by atoms with Crippen LogP contribution in [0, 0.1) is 16.7 Å². The van der Waals surface area contributed by atoms with Crippen LogP contribution in [0.25, 0.3) is 0 Å². The van der Waals surface area contributed by atoms with Crippen molar-refractivity contribution in [1.29, 1.82) is 0 Å². The van der Waals surface area contributed by atoms with Gasteiger partial charge in [-0.25, -0.2) is 0 Å². The molecule has 0 aliphatic heterocycles.